The van der Waals surface area contributed by atoms with Gasteiger partial charge in [0.15, 0.2) is 5.69 Å². The molecule has 0 saturated heterocycles. The van der Waals surface area contributed by atoms with E-state index in [1.54, 1.807) is 22.9 Å². The SMILES string of the molecule is Cc1cc(C(=O)NC2CCCCC2CO)nn1-c1cccc(F)c1. The van der Waals surface area contributed by atoms with Crippen LogP contribution in [0.1, 0.15) is 41.9 Å². The molecule has 2 atom stereocenters. The molecule has 1 aliphatic rings. The van der Waals surface area contributed by atoms with E-state index in [9.17, 15) is 14.3 Å². The number of nitrogens with one attached hydrogen (secondary N) is 1. The van der Waals surface area contributed by atoms with E-state index < -0.39 is 0 Å². The average Bonchev–Trinajstić information content (AvgIpc) is 2.97. The van der Waals surface area contributed by atoms with Crippen LogP contribution in [0.15, 0.2) is 30.3 Å². The summed E-state index contributed by atoms with van der Waals surface area (Å²) < 4.78 is 15.0. The maximum Gasteiger partial charge on any atom is 0.272 e. The number of carbonyl (C=O) groups excluding carboxylic acids is 1. The molecule has 1 saturated carbocycles. The fraction of sp³-hybridized carbons (Fsp3) is 0.444. The first-order chi connectivity index (χ1) is 11.6. The second kappa shape index (κ2) is 7.13. The maximum absolute atomic E-state index is 13.4. The zero-order valence-electron chi connectivity index (χ0n) is 13.7. The number of aliphatic hydroxyl groups is 1. The number of aromatic nitrogens is 2. The Morgan fingerprint density at radius 1 is 1.38 bits per heavy atom. The van der Waals surface area contributed by atoms with Crippen LogP contribution in [-0.4, -0.2) is 33.4 Å². The molecule has 5 nitrogen and oxygen atoms in total. The van der Waals surface area contributed by atoms with Crippen LogP contribution in [-0.2, 0) is 0 Å². The highest BCUT2D eigenvalue weighted by Gasteiger charge is 2.27. The summed E-state index contributed by atoms with van der Waals surface area (Å²) in [5.74, 6) is -0.492. The first-order valence-corrected chi connectivity index (χ1v) is 8.33. The van der Waals surface area contributed by atoms with Crippen molar-refractivity contribution in [1.29, 1.82) is 0 Å². The summed E-state index contributed by atoms with van der Waals surface area (Å²) >= 11 is 0. The van der Waals surface area contributed by atoms with Gasteiger partial charge in [-0.1, -0.05) is 18.9 Å². The van der Waals surface area contributed by atoms with Crippen molar-refractivity contribution in [2.45, 2.75) is 38.6 Å². The Balaban J connectivity index is 1.77. The first-order valence-electron chi connectivity index (χ1n) is 8.33. The Bertz CT molecular complexity index is 729. The number of aliphatic hydroxyl groups excluding tert-OH is 1. The standard InChI is InChI=1S/C18H22FN3O2/c1-12-9-17(21-22(12)15-7-4-6-14(19)10-15)18(24)20-16-8-3-2-5-13(16)11-23/h4,6-7,9-10,13,16,23H,2-3,5,8,11H2,1H3,(H,20,24). The Hall–Kier alpha value is -2.21. The predicted molar refractivity (Wildman–Crippen MR) is 88.6 cm³/mol. The molecule has 0 aliphatic heterocycles. The van der Waals surface area contributed by atoms with Gasteiger partial charge in [0.25, 0.3) is 5.91 Å². The Morgan fingerprint density at radius 3 is 2.92 bits per heavy atom. The molecule has 2 aromatic rings. The van der Waals surface area contributed by atoms with E-state index in [1.807, 2.05) is 6.92 Å². The minimum Gasteiger partial charge on any atom is -0.396 e. The van der Waals surface area contributed by atoms with E-state index >= 15 is 0 Å². The summed E-state index contributed by atoms with van der Waals surface area (Å²) in [5, 5.41) is 16.8. The molecule has 1 aromatic heterocycles. The highest BCUT2D eigenvalue weighted by atomic mass is 19.1. The third-order valence-electron chi connectivity index (χ3n) is 4.63. The lowest BCUT2D eigenvalue weighted by Crippen LogP contribution is -2.43. The van der Waals surface area contributed by atoms with Crippen LogP contribution in [0.4, 0.5) is 4.39 Å². The van der Waals surface area contributed by atoms with E-state index in [4.69, 9.17) is 0 Å². The molecule has 128 valence electrons. The molecule has 0 spiro atoms. The minimum absolute atomic E-state index is 0.0177. The van der Waals surface area contributed by atoms with Crippen LogP contribution in [0.5, 0.6) is 0 Å². The smallest absolute Gasteiger partial charge is 0.272 e. The van der Waals surface area contributed by atoms with Gasteiger partial charge in [-0.2, -0.15) is 5.10 Å². The highest BCUT2D eigenvalue weighted by Crippen LogP contribution is 2.24. The van der Waals surface area contributed by atoms with Gasteiger partial charge >= 0.3 is 0 Å². The number of hydrogen-bond donors (Lipinski definition) is 2. The van der Waals surface area contributed by atoms with E-state index in [2.05, 4.69) is 10.4 Å². The molecule has 1 heterocycles. The molecule has 0 bridgehead atoms. The van der Waals surface area contributed by atoms with Crippen molar-refractivity contribution < 1.29 is 14.3 Å². The lowest BCUT2D eigenvalue weighted by atomic mass is 9.85. The second-order valence-corrected chi connectivity index (χ2v) is 6.37. The molecular weight excluding hydrogens is 309 g/mol. The average molecular weight is 331 g/mol. The molecule has 1 amide bonds. The number of rotatable bonds is 4. The Kier molecular flexibility index (Phi) is 4.94. The molecule has 24 heavy (non-hydrogen) atoms. The van der Waals surface area contributed by atoms with Crippen molar-refractivity contribution in [3.63, 3.8) is 0 Å². The van der Waals surface area contributed by atoms with Crippen LogP contribution >= 0.6 is 0 Å². The van der Waals surface area contributed by atoms with Crippen molar-refractivity contribution in [3.05, 3.63) is 47.5 Å². The second-order valence-electron chi connectivity index (χ2n) is 6.37. The van der Waals surface area contributed by atoms with Gasteiger partial charge in [-0.05, 0) is 44.0 Å². The Labute approximate surface area is 140 Å². The monoisotopic (exact) mass is 331 g/mol. The molecule has 2 N–H and O–H groups in total. The highest BCUT2D eigenvalue weighted by molar-refractivity contribution is 5.92. The lowest BCUT2D eigenvalue weighted by Gasteiger charge is -2.30. The normalized spacial score (nSPS) is 20.8. The lowest BCUT2D eigenvalue weighted by molar-refractivity contribution is 0.0867. The van der Waals surface area contributed by atoms with Gasteiger partial charge in [-0.25, -0.2) is 9.07 Å². The third kappa shape index (κ3) is 3.48. The van der Waals surface area contributed by atoms with Crippen molar-refractivity contribution >= 4 is 5.91 Å². The van der Waals surface area contributed by atoms with Gasteiger partial charge in [0.2, 0.25) is 0 Å². The first kappa shape index (κ1) is 16.6. The van der Waals surface area contributed by atoms with Gasteiger partial charge in [-0.3, -0.25) is 4.79 Å². The van der Waals surface area contributed by atoms with Gasteiger partial charge in [0.05, 0.1) is 5.69 Å². The summed E-state index contributed by atoms with van der Waals surface area (Å²) in [7, 11) is 0. The molecule has 6 heteroatoms. The van der Waals surface area contributed by atoms with E-state index in [-0.39, 0.29) is 30.3 Å². The number of hydrogen-bond acceptors (Lipinski definition) is 3. The van der Waals surface area contributed by atoms with Gasteiger partial charge in [0, 0.05) is 24.3 Å². The van der Waals surface area contributed by atoms with Crippen LogP contribution < -0.4 is 5.32 Å². The number of amides is 1. The summed E-state index contributed by atoms with van der Waals surface area (Å²) in [4.78, 5) is 12.5. The van der Waals surface area contributed by atoms with Crippen molar-refractivity contribution in [3.8, 4) is 5.69 Å². The van der Waals surface area contributed by atoms with Crippen molar-refractivity contribution in [2.75, 3.05) is 6.61 Å². The predicted octanol–water partition coefficient (Wildman–Crippen LogP) is 2.60. The zero-order valence-corrected chi connectivity index (χ0v) is 13.7. The molecule has 3 rings (SSSR count). The molecule has 0 radical (unpaired) electrons. The molecule has 1 fully saturated rings. The van der Waals surface area contributed by atoms with Gasteiger partial charge in [-0.15, -0.1) is 0 Å². The van der Waals surface area contributed by atoms with Crippen LogP contribution in [0.2, 0.25) is 0 Å². The summed E-state index contributed by atoms with van der Waals surface area (Å²) in [6, 6.07) is 7.78. The summed E-state index contributed by atoms with van der Waals surface area (Å²) in [6.07, 6.45) is 3.95. The van der Waals surface area contributed by atoms with Crippen LogP contribution in [0.3, 0.4) is 0 Å². The summed E-state index contributed by atoms with van der Waals surface area (Å²) in [6.45, 7) is 1.91. The largest absolute Gasteiger partial charge is 0.396 e. The number of carbonyl (C=O) groups is 1. The zero-order chi connectivity index (χ0) is 17.1. The van der Waals surface area contributed by atoms with Crippen molar-refractivity contribution in [1.82, 2.24) is 15.1 Å². The van der Waals surface area contributed by atoms with E-state index in [0.717, 1.165) is 31.4 Å². The van der Waals surface area contributed by atoms with Crippen LogP contribution in [0, 0.1) is 18.7 Å². The summed E-state index contributed by atoms with van der Waals surface area (Å²) in [5.41, 5.74) is 1.64. The Morgan fingerprint density at radius 2 is 2.17 bits per heavy atom. The topological polar surface area (TPSA) is 67.2 Å². The number of halogens is 1. The van der Waals surface area contributed by atoms with E-state index in [1.165, 1.54) is 12.1 Å². The quantitative estimate of drug-likeness (QED) is 0.905. The van der Waals surface area contributed by atoms with E-state index in [0.29, 0.717) is 11.4 Å². The van der Waals surface area contributed by atoms with Crippen LogP contribution in [0.25, 0.3) is 5.69 Å². The van der Waals surface area contributed by atoms with Gasteiger partial charge in [0.1, 0.15) is 5.82 Å². The third-order valence-corrected chi connectivity index (χ3v) is 4.63. The van der Waals surface area contributed by atoms with Crippen molar-refractivity contribution in [2.24, 2.45) is 5.92 Å². The molecule has 2 unspecified atom stereocenters. The van der Waals surface area contributed by atoms with Gasteiger partial charge < -0.3 is 10.4 Å². The number of benzene rings is 1. The molecular formula is C18H22FN3O2. The fourth-order valence-corrected chi connectivity index (χ4v) is 3.31. The number of nitrogens with zero attached hydrogens (tertiary/aromatic N) is 2. The molecule has 1 aromatic carbocycles. The molecule has 1 aliphatic carbocycles. The minimum atomic E-state index is -0.346. The number of aryl methyl sites for hydroxylation is 1. The fourth-order valence-electron chi connectivity index (χ4n) is 3.31. The maximum atomic E-state index is 13.4.